The van der Waals surface area contributed by atoms with E-state index in [0.29, 0.717) is 0 Å². The predicted molar refractivity (Wildman–Crippen MR) is 120 cm³/mol. The Kier molecular flexibility index (Phi) is 6.06. The highest BCUT2D eigenvalue weighted by molar-refractivity contribution is 5.64. The Morgan fingerprint density at radius 1 is 0.897 bits per heavy atom. The zero-order valence-corrected chi connectivity index (χ0v) is 17.3. The maximum Gasteiger partial charge on any atom is 0.227 e. The van der Waals surface area contributed by atoms with Gasteiger partial charge in [-0.25, -0.2) is 4.98 Å². The van der Waals surface area contributed by atoms with Crippen molar-refractivity contribution in [2.75, 3.05) is 42.9 Å². The first kappa shape index (κ1) is 19.4. The van der Waals surface area contributed by atoms with Crippen LogP contribution in [-0.2, 0) is 0 Å². The molecule has 2 heterocycles. The Hall–Kier alpha value is -2.92. The van der Waals surface area contributed by atoms with Gasteiger partial charge in [0.2, 0.25) is 5.95 Å². The summed E-state index contributed by atoms with van der Waals surface area (Å²) < 4.78 is 0. The Bertz CT molecular complexity index is 905. The van der Waals surface area contributed by atoms with Crippen LogP contribution in [0.4, 0.5) is 11.8 Å². The second-order valence-electron chi connectivity index (χ2n) is 7.50. The van der Waals surface area contributed by atoms with Crippen LogP contribution < -0.4 is 10.2 Å². The SMILES string of the molecule is CCN1CCN(c2nc(NC(C)c3ccccc3)cc(-c3ccccc3)n2)CC1. The monoisotopic (exact) mass is 387 g/mol. The molecule has 0 radical (unpaired) electrons. The van der Waals surface area contributed by atoms with Gasteiger partial charge >= 0.3 is 0 Å². The first-order valence-corrected chi connectivity index (χ1v) is 10.5. The first-order chi connectivity index (χ1) is 14.2. The minimum atomic E-state index is 0.166. The quantitative estimate of drug-likeness (QED) is 0.677. The summed E-state index contributed by atoms with van der Waals surface area (Å²) in [6, 6.07) is 23.0. The molecule has 1 unspecified atom stereocenters. The average Bonchev–Trinajstić information content (AvgIpc) is 2.80. The van der Waals surface area contributed by atoms with E-state index in [2.05, 4.69) is 83.6 Å². The van der Waals surface area contributed by atoms with Crippen molar-refractivity contribution in [2.24, 2.45) is 0 Å². The van der Waals surface area contributed by atoms with Crippen molar-refractivity contribution in [3.05, 3.63) is 72.3 Å². The lowest BCUT2D eigenvalue weighted by atomic mass is 10.1. The van der Waals surface area contributed by atoms with Crippen molar-refractivity contribution in [1.29, 1.82) is 0 Å². The van der Waals surface area contributed by atoms with Gasteiger partial charge in [-0.2, -0.15) is 4.98 Å². The first-order valence-electron chi connectivity index (χ1n) is 10.5. The summed E-state index contributed by atoms with van der Waals surface area (Å²) in [5.41, 5.74) is 3.31. The number of hydrogen-bond donors (Lipinski definition) is 1. The van der Waals surface area contributed by atoms with Gasteiger partial charge in [-0.15, -0.1) is 0 Å². The fraction of sp³-hybridized carbons (Fsp3) is 0.333. The van der Waals surface area contributed by atoms with E-state index in [0.717, 1.165) is 55.7 Å². The molecule has 1 aliphatic rings. The third-order valence-corrected chi connectivity index (χ3v) is 5.55. The van der Waals surface area contributed by atoms with Crippen LogP contribution in [0.25, 0.3) is 11.3 Å². The third-order valence-electron chi connectivity index (χ3n) is 5.55. The summed E-state index contributed by atoms with van der Waals surface area (Å²) in [6.45, 7) is 9.51. The van der Waals surface area contributed by atoms with Crippen LogP contribution in [0, 0.1) is 0 Å². The Morgan fingerprint density at radius 3 is 2.21 bits per heavy atom. The lowest BCUT2D eigenvalue weighted by Crippen LogP contribution is -2.46. The molecule has 150 valence electrons. The molecule has 1 saturated heterocycles. The molecule has 1 aliphatic heterocycles. The molecule has 0 spiro atoms. The lowest BCUT2D eigenvalue weighted by Gasteiger charge is -2.34. The molecule has 0 saturated carbocycles. The van der Waals surface area contributed by atoms with E-state index < -0.39 is 0 Å². The second-order valence-corrected chi connectivity index (χ2v) is 7.50. The number of piperazine rings is 1. The normalized spacial score (nSPS) is 15.9. The fourth-order valence-electron chi connectivity index (χ4n) is 3.72. The van der Waals surface area contributed by atoms with E-state index in [9.17, 15) is 0 Å². The van der Waals surface area contributed by atoms with Crippen LogP contribution in [-0.4, -0.2) is 47.6 Å². The summed E-state index contributed by atoms with van der Waals surface area (Å²) in [5.74, 6) is 1.67. The van der Waals surface area contributed by atoms with Gasteiger partial charge in [-0.05, 0) is 19.0 Å². The third kappa shape index (κ3) is 4.74. The molecule has 2 aromatic carbocycles. The number of nitrogens with one attached hydrogen (secondary N) is 1. The fourth-order valence-corrected chi connectivity index (χ4v) is 3.72. The second kappa shape index (κ2) is 9.05. The van der Waals surface area contributed by atoms with Crippen molar-refractivity contribution in [2.45, 2.75) is 19.9 Å². The molecule has 1 fully saturated rings. The zero-order chi connectivity index (χ0) is 20.1. The molecule has 0 bridgehead atoms. The highest BCUT2D eigenvalue weighted by Gasteiger charge is 2.20. The van der Waals surface area contributed by atoms with Gasteiger partial charge in [0.1, 0.15) is 5.82 Å². The topological polar surface area (TPSA) is 44.3 Å². The number of nitrogens with zero attached hydrogens (tertiary/aromatic N) is 4. The van der Waals surface area contributed by atoms with Crippen LogP contribution in [0.1, 0.15) is 25.5 Å². The molecular weight excluding hydrogens is 358 g/mol. The van der Waals surface area contributed by atoms with Crippen LogP contribution >= 0.6 is 0 Å². The summed E-state index contributed by atoms with van der Waals surface area (Å²) in [6.07, 6.45) is 0. The van der Waals surface area contributed by atoms with E-state index in [-0.39, 0.29) is 6.04 Å². The van der Waals surface area contributed by atoms with Gasteiger partial charge < -0.3 is 15.1 Å². The van der Waals surface area contributed by atoms with Gasteiger partial charge in [0.05, 0.1) is 5.69 Å². The van der Waals surface area contributed by atoms with E-state index in [1.807, 2.05) is 12.1 Å². The molecule has 0 amide bonds. The molecule has 1 N–H and O–H groups in total. The number of aromatic nitrogens is 2. The van der Waals surface area contributed by atoms with Gasteiger partial charge in [0.25, 0.3) is 0 Å². The number of anilines is 2. The van der Waals surface area contributed by atoms with E-state index in [1.54, 1.807) is 0 Å². The van der Waals surface area contributed by atoms with Gasteiger partial charge in [0.15, 0.2) is 0 Å². The van der Waals surface area contributed by atoms with Crippen molar-refractivity contribution >= 4 is 11.8 Å². The van der Waals surface area contributed by atoms with E-state index in [1.165, 1.54) is 5.56 Å². The lowest BCUT2D eigenvalue weighted by molar-refractivity contribution is 0.270. The molecule has 3 aromatic rings. The Morgan fingerprint density at radius 2 is 1.55 bits per heavy atom. The van der Waals surface area contributed by atoms with Gasteiger partial charge in [0, 0.05) is 43.9 Å². The average molecular weight is 388 g/mol. The van der Waals surface area contributed by atoms with Crippen molar-refractivity contribution in [3.8, 4) is 11.3 Å². The molecule has 1 atom stereocenters. The van der Waals surface area contributed by atoms with Crippen molar-refractivity contribution < 1.29 is 0 Å². The minimum Gasteiger partial charge on any atom is -0.363 e. The number of likely N-dealkylation sites (N-methyl/N-ethyl adjacent to an activating group) is 1. The summed E-state index contributed by atoms with van der Waals surface area (Å²) >= 11 is 0. The Labute approximate surface area is 173 Å². The molecule has 5 heteroatoms. The minimum absolute atomic E-state index is 0.166. The highest BCUT2D eigenvalue weighted by atomic mass is 15.3. The molecule has 0 aliphatic carbocycles. The van der Waals surface area contributed by atoms with Crippen LogP contribution in [0.2, 0.25) is 0 Å². The smallest absolute Gasteiger partial charge is 0.227 e. The van der Waals surface area contributed by atoms with Crippen LogP contribution in [0.3, 0.4) is 0 Å². The van der Waals surface area contributed by atoms with Crippen LogP contribution in [0.5, 0.6) is 0 Å². The van der Waals surface area contributed by atoms with E-state index in [4.69, 9.17) is 9.97 Å². The molecule has 4 rings (SSSR count). The van der Waals surface area contributed by atoms with E-state index >= 15 is 0 Å². The molecule has 29 heavy (non-hydrogen) atoms. The maximum atomic E-state index is 4.91. The summed E-state index contributed by atoms with van der Waals surface area (Å²) in [5, 5.41) is 3.58. The molecular formula is C24H29N5. The van der Waals surface area contributed by atoms with Crippen molar-refractivity contribution in [3.63, 3.8) is 0 Å². The zero-order valence-electron chi connectivity index (χ0n) is 17.3. The number of benzene rings is 2. The molecule has 5 nitrogen and oxygen atoms in total. The Balaban J connectivity index is 1.63. The summed E-state index contributed by atoms with van der Waals surface area (Å²) in [7, 11) is 0. The molecule has 1 aromatic heterocycles. The predicted octanol–water partition coefficient (Wildman–Crippen LogP) is 4.46. The number of rotatable bonds is 6. The standard InChI is InChI=1S/C24H29N5/c1-3-28-14-16-29(17-15-28)24-26-22(21-12-8-5-9-13-21)18-23(27-24)25-19(2)20-10-6-4-7-11-20/h4-13,18-19H,3,14-17H2,1-2H3,(H,25,26,27). The summed E-state index contributed by atoms with van der Waals surface area (Å²) in [4.78, 5) is 14.6. The largest absolute Gasteiger partial charge is 0.363 e. The van der Waals surface area contributed by atoms with Crippen molar-refractivity contribution in [1.82, 2.24) is 14.9 Å². The number of hydrogen-bond acceptors (Lipinski definition) is 5. The van der Waals surface area contributed by atoms with Gasteiger partial charge in [-0.1, -0.05) is 67.6 Å². The maximum absolute atomic E-state index is 4.91. The van der Waals surface area contributed by atoms with Crippen LogP contribution in [0.15, 0.2) is 66.7 Å². The van der Waals surface area contributed by atoms with Gasteiger partial charge in [-0.3, -0.25) is 0 Å². The highest BCUT2D eigenvalue weighted by Crippen LogP contribution is 2.26.